The molecule has 1 aromatic rings. The van der Waals surface area contributed by atoms with Gasteiger partial charge in [0.15, 0.2) is 0 Å². The molecule has 0 heterocycles. The molecule has 0 bridgehead atoms. The topological polar surface area (TPSA) is 23.9 Å². The van der Waals surface area contributed by atoms with E-state index in [2.05, 4.69) is 71.0 Å². The molecule has 1 aliphatic carbocycles. The predicted octanol–water partition coefficient (Wildman–Crippen LogP) is 7.75. The van der Waals surface area contributed by atoms with Gasteiger partial charge in [0, 0.05) is 11.6 Å². The van der Waals surface area contributed by atoms with E-state index in [9.17, 15) is 0 Å². The van der Waals surface area contributed by atoms with Gasteiger partial charge in [-0.3, -0.25) is 0 Å². The second-order valence-electron chi connectivity index (χ2n) is 8.75. The molecule has 27 heavy (non-hydrogen) atoms. The van der Waals surface area contributed by atoms with Crippen molar-refractivity contribution in [2.45, 2.75) is 86.0 Å². The Bertz CT molecular complexity index is 694. The lowest BCUT2D eigenvalue weighted by molar-refractivity contribution is 0.301. The first-order valence-corrected chi connectivity index (χ1v) is 10.9. The molecular weight excluding hydrogens is 326 g/mol. The maximum atomic E-state index is 8.72. The molecule has 0 saturated heterocycles. The second-order valence-corrected chi connectivity index (χ2v) is 8.75. The highest BCUT2D eigenvalue weighted by Crippen LogP contribution is 2.41. The Labute approximate surface area is 167 Å². The molecule has 0 radical (unpaired) electrons. The molecule has 1 N–H and O–H groups in total. The molecule has 0 amide bonds. The van der Waals surface area contributed by atoms with Crippen LogP contribution in [0.5, 0.6) is 0 Å². The second kappa shape index (κ2) is 10.1. The monoisotopic (exact) mass is 365 g/mol. The van der Waals surface area contributed by atoms with Crippen LogP contribution in [0.2, 0.25) is 0 Å². The lowest BCUT2D eigenvalue weighted by atomic mass is 9.67. The molecule has 1 heteroatoms. The van der Waals surface area contributed by atoms with E-state index in [-0.39, 0.29) is 5.41 Å². The first kappa shape index (κ1) is 21.7. The van der Waals surface area contributed by atoms with Crippen molar-refractivity contribution in [3.05, 3.63) is 58.7 Å². The third-order valence-corrected chi connectivity index (χ3v) is 6.24. The van der Waals surface area contributed by atoms with E-state index in [4.69, 9.17) is 5.41 Å². The van der Waals surface area contributed by atoms with Crippen molar-refractivity contribution in [3.63, 3.8) is 0 Å². The molecule has 2 atom stereocenters. The summed E-state index contributed by atoms with van der Waals surface area (Å²) in [6.07, 6.45) is 16.2. The smallest absolute Gasteiger partial charge is 0.0129 e. The van der Waals surface area contributed by atoms with Crippen LogP contribution in [0.25, 0.3) is 0 Å². The summed E-state index contributed by atoms with van der Waals surface area (Å²) in [6.45, 7) is 11.2. The van der Waals surface area contributed by atoms with Crippen molar-refractivity contribution >= 4 is 5.71 Å². The number of unbranched alkanes of at least 4 members (excludes halogenated alkanes) is 2. The summed E-state index contributed by atoms with van der Waals surface area (Å²) in [5, 5.41) is 8.72. The van der Waals surface area contributed by atoms with E-state index in [1.54, 1.807) is 0 Å². The highest BCUT2D eigenvalue weighted by atomic mass is 14.5. The van der Waals surface area contributed by atoms with Crippen molar-refractivity contribution in [3.8, 4) is 0 Å². The first-order chi connectivity index (χ1) is 12.9. The molecule has 0 spiro atoms. The minimum atomic E-state index is 0.102. The number of nitrogens with one attached hydrogen (secondary N) is 1. The Hall–Kier alpha value is -1.63. The predicted molar refractivity (Wildman–Crippen MR) is 120 cm³/mol. The van der Waals surface area contributed by atoms with E-state index >= 15 is 0 Å². The maximum absolute atomic E-state index is 8.72. The SMILES string of the molecule is CCCCC(=N)C(CCCC)C1(C)C=CC(Cc2cc(C)ccc2C)=CC1. The number of benzene rings is 1. The Balaban J connectivity index is 2.11. The van der Waals surface area contributed by atoms with Crippen LogP contribution < -0.4 is 0 Å². The van der Waals surface area contributed by atoms with Crippen LogP contribution in [0.15, 0.2) is 42.0 Å². The van der Waals surface area contributed by atoms with Gasteiger partial charge >= 0.3 is 0 Å². The van der Waals surface area contributed by atoms with Gasteiger partial charge in [-0.2, -0.15) is 0 Å². The molecule has 0 fully saturated rings. The van der Waals surface area contributed by atoms with Gasteiger partial charge in [0.1, 0.15) is 0 Å². The fourth-order valence-electron chi connectivity index (χ4n) is 4.24. The van der Waals surface area contributed by atoms with Gasteiger partial charge in [-0.25, -0.2) is 0 Å². The van der Waals surface area contributed by atoms with Crippen molar-refractivity contribution in [2.75, 3.05) is 0 Å². The number of rotatable bonds is 10. The Morgan fingerprint density at radius 3 is 2.52 bits per heavy atom. The van der Waals surface area contributed by atoms with Crippen LogP contribution in [0.1, 0.15) is 82.4 Å². The van der Waals surface area contributed by atoms with Crippen LogP contribution >= 0.6 is 0 Å². The van der Waals surface area contributed by atoms with Crippen molar-refractivity contribution in [1.82, 2.24) is 0 Å². The van der Waals surface area contributed by atoms with Gasteiger partial charge in [0.2, 0.25) is 0 Å². The lowest BCUT2D eigenvalue weighted by Crippen LogP contribution is -2.32. The molecule has 0 saturated carbocycles. The maximum Gasteiger partial charge on any atom is 0.0129 e. The number of hydrogen-bond donors (Lipinski definition) is 1. The Morgan fingerprint density at radius 2 is 1.89 bits per heavy atom. The third kappa shape index (κ3) is 5.92. The fourth-order valence-corrected chi connectivity index (χ4v) is 4.24. The quantitative estimate of drug-likeness (QED) is 0.410. The van der Waals surface area contributed by atoms with Crippen molar-refractivity contribution in [2.24, 2.45) is 11.3 Å². The van der Waals surface area contributed by atoms with E-state index < -0.39 is 0 Å². The van der Waals surface area contributed by atoms with Gasteiger partial charge in [0.05, 0.1) is 0 Å². The zero-order valence-electron chi connectivity index (χ0n) is 18.2. The summed E-state index contributed by atoms with van der Waals surface area (Å²) < 4.78 is 0. The third-order valence-electron chi connectivity index (χ3n) is 6.24. The zero-order chi connectivity index (χ0) is 19.9. The summed E-state index contributed by atoms with van der Waals surface area (Å²) in [5.74, 6) is 0.388. The standard InChI is InChI=1S/C26H39N/c1-6-8-10-24(25(27)11-9-7-2)26(5)16-14-22(15-17-26)19-23-18-20(3)12-13-21(23)4/h12-16,18,24,27H,6-11,17,19H2,1-5H3. The lowest BCUT2D eigenvalue weighted by Gasteiger charge is -2.37. The molecule has 1 aliphatic rings. The van der Waals surface area contributed by atoms with Gasteiger partial charge in [-0.15, -0.1) is 0 Å². The molecule has 148 valence electrons. The largest absolute Gasteiger partial charge is 0.309 e. The van der Waals surface area contributed by atoms with Crippen molar-refractivity contribution < 1.29 is 0 Å². The van der Waals surface area contributed by atoms with Crippen LogP contribution in [-0.4, -0.2) is 5.71 Å². The molecule has 2 unspecified atom stereocenters. The summed E-state index contributed by atoms with van der Waals surface area (Å²) in [6, 6.07) is 6.75. The van der Waals surface area contributed by atoms with Crippen LogP contribution in [0.4, 0.5) is 0 Å². The molecule has 2 rings (SSSR count). The van der Waals surface area contributed by atoms with Crippen LogP contribution in [-0.2, 0) is 6.42 Å². The Morgan fingerprint density at radius 1 is 1.15 bits per heavy atom. The van der Waals surface area contributed by atoms with Gasteiger partial charge in [-0.1, -0.05) is 82.0 Å². The van der Waals surface area contributed by atoms with E-state index in [0.29, 0.717) is 5.92 Å². The zero-order valence-corrected chi connectivity index (χ0v) is 18.2. The average molecular weight is 366 g/mol. The summed E-state index contributed by atoms with van der Waals surface area (Å²) in [5.41, 5.74) is 6.66. The molecule has 0 aromatic heterocycles. The highest BCUT2D eigenvalue weighted by molar-refractivity contribution is 5.85. The fraction of sp³-hybridized carbons (Fsp3) is 0.577. The van der Waals surface area contributed by atoms with Gasteiger partial charge in [-0.05, 0) is 68.1 Å². The average Bonchev–Trinajstić information content (AvgIpc) is 2.65. The Kier molecular flexibility index (Phi) is 8.07. The minimum Gasteiger partial charge on any atom is -0.309 e. The van der Waals surface area contributed by atoms with Crippen molar-refractivity contribution in [1.29, 1.82) is 5.41 Å². The molecule has 1 aromatic carbocycles. The first-order valence-electron chi connectivity index (χ1n) is 10.9. The van der Waals surface area contributed by atoms with E-state index in [1.165, 1.54) is 41.5 Å². The normalized spacial score (nSPS) is 20.4. The van der Waals surface area contributed by atoms with E-state index in [1.807, 2.05) is 0 Å². The van der Waals surface area contributed by atoms with Gasteiger partial charge < -0.3 is 5.41 Å². The van der Waals surface area contributed by atoms with Crippen LogP contribution in [0, 0.1) is 30.6 Å². The van der Waals surface area contributed by atoms with Crippen LogP contribution in [0.3, 0.4) is 0 Å². The molecular formula is C26H39N. The highest BCUT2D eigenvalue weighted by Gasteiger charge is 2.34. The molecule has 0 aliphatic heterocycles. The number of aryl methyl sites for hydroxylation is 2. The summed E-state index contributed by atoms with van der Waals surface area (Å²) >= 11 is 0. The number of allylic oxidation sites excluding steroid dienone is 4. The minimum absolute atomic E-state index is 0.102. The number of hydrogen-bond acceptors (Lipinski definition) is 1. The summed E-state index contributed by atoms with van der Waals surface area (Å²) in [7, 11) is 0. The summed E-state index contributed by atoms with van der Waals surface area (Å²) in [4.78, 5) is 0. The molecule has 1 nitrogen and oxygen atoms in total. The van der Waals surface area contributed by atoms with Gasteiger partial charge in [0.25, 0.3) is 0 Å². The van der Waals surface area contributed by atoms with E-state index in [0.717, 1.165) is 37.8 Å².